The number of nitrogens with two attached hydrogens (primary N) is 1. The van der Waals surface area contributed by atoms with Gasteiger partial charge in [-0.2, -0.15) is 0 Å². The summed E-state index contributed by atoms with van der Waals surface area (Å²) in [6.45, 7) is 7.10. The molecule has 3 nitrogen and oxygen atoms in total. The number of carbonyl (C=O) groups is 1. The number of nitrogens with one attached hydrogen (secondary N) is 1. The predicted molar refractivity (Wildman–Crippen MR) is 76.6 cm³/mol. The fraction of sp³-hybridized carbons (Fsp3) is 0.533. The molecule has 0 aromatic heterocycles. The van der Waals surface area contributed by atoms with Gasteiger partial charge in [0.1, 0.15) is 0 Å². The van der Waals surface area contributed by atoms with Gasteiger partial charge in [-0.1, -0.05) is 32.8 Å². The Morgan fingerprint density at radius 1 is 1.33 bits per heavy atom. The summed E-state index contributed by atoms with van der Waals surface area (Å²) in [5, 5.41) is 2.92. The summed E-state index contributed by atoms with van der Waals surface area (Å²) in [7, 11) is 0. The van der Waals surface area contributed by atoms with Gasteiger partial charge in [0.05, 0.1) is 0 Å². The molecule has 0 saturated heterocycles. The third-order valence-corrected chi connectivity index (χ3v) is 3.04. The zero-order valence-corrected chi connectivity index (χ0v) is 11.6. The van der Waals surface area contributed by atoms with E-state index in [0.717, 1.165) is 30.9 Å². The highest BCUT2D eigenvalue weighted by molar-refractivity contribution is 5.95. The van der Waals surface area contributed by atoms with Crippen molar-refractivity contribution >= 4 is 11.6 Å². The van der Waals surface area contributed by atoms with Gasteiger partial charge in [0.25, 0.3) is 5.91 Å². The fourth-order valence-electron chi connectivity index (χ4n) is 1.76. The summed E-state index contributed by atoms with van der Waals surface area (Å²) in [4.78, 5) is 11.8. The van der Waals surface area contributed by atoms with Crippen molar-refractivity contribution in [3.05, 3.63) is 29.3 Å². The molecule has 0 unspecified atom stereocenters. The highest BCUT2D eigenvalue weighted by Crippen LogP contribution is 2.12. The largest absolute Gasteiger partial charge is 0.398 e. The Morgan fingerprint density at radius 2 is 2.06 bits per heavy atom. The number of carbonyl (C=O) groups excluding carboxylic acids is 1. The molecule has 3 heteroatoms. The standard InChI is InChI=1S/C15H24N2O/c1-11(2)6-4-5-9-17-15(18)13-8-7-12(3)14(16)10-13/h7-8,10-11H,4-6,9,16H2,1-3H3,(H,17,18). The molecule has 0 heterocycles. The highest BCUT2D eigenvalue weighted by Gasteiger charge is 2.06. The van der Waals surface area contributed by atoms with Crippen LogP contribution in [0.5, 0.6) is 0 Å². The number of aryl methyl sites for hydroxylation is 1. The first-order valence-electron chi connectivity index (χ1n) is 6.65. The van der Waals surface area contributed by atoms with Crippen molar-refractivity contribution in [3.63, 3.8) is 0 Å². The van der Waals surface area contributed by atoms with Gasteiger partial charge in [-0.05, 0) is 37.0 Å². The van der Waals surface area contributed by atoms with Crippen molar-refractivity contribution in [2.24, 2.45) is 5.92 Å². The van der Waals surface area contributed by atoms with E-state index in [1.165, 1.54) is 6.42 Å². The zero-order chi connectivity index (χ0) is 13.5. The van der Waals surface area contributed by atoms with Gasteiger partial charge >= 0.3 is 0 Å². The van der Waals surface area contributed by atoms with Crippen LogP contribution in [-0.4, -0.2) is 12.5 Å². The molecule has 1 aromatic rings. The molecule has 0 aliphatic carbocycles. The molecule has 0 saturated carbocycles. The van der Waals surface area contributed by atoms with Crippen molar-refractivity contribution in [2.45, 2.75) is 40.0 Å². The van der Waals surface area contributed by atoms with Crippen molar-refractivity contribution in [3.8, 4) is 0 Å². The monoisotopic (exact) mass is 248 g/mol. The lowest BCUT2D eigenvalue weighted by Gasteiger charge is -2.08. The molecule has 0 aliphatic rings. The van der Waals surface area contributed by atoms with Crippen LogP contribution in [0, 0.1) is 12.8 Å². The number of rotatable bonds is 6. The molecular weight excluding hydrogens is 224 g/mol. The van der Waals surface area contributed by atoms with Gasteiger partial charge in [0.15, 0.2) is 0 Å². The molecule has 0 radical (unpaired) electrons. The summed E-state index contributed by atoms with van der Waals surface area (Å²) < 4.78 is 0. The average molecular weight is 248 g/mol. The quantitative estimate of drug-likeness (QED) is 0.600. The number of hydrogen-bond donors (Lipinski definition) is 2. The molecule has 100 valence electrons. The van der Waals surface area contributed by atoms with Crippen molar-refractivity contribution in [1.29, 1.82) is 0 Å². The molecule has 3 N–H and O–H groups in total. The molecule has 1 amide bonds. The summed E-state index contributed by atoms with van der Waals surface area (Å²) in [5.74, 6) is 0.698. The van der Waals surface area contributed by atoms with Crippen LogP contribution in [0.2, 0.25) is 0 Å². The van der Waals surface area contributed by atoms with E-state index in [-0.39, 0.29) is 5.91 Å². The molecule has 0 atom stereocenters. The minimum atomic E-state index is -0.0359. The molecule has 18 heavy (non-hydrogen) atoms. The maximum atomic E-state index is 11.8. The van der Waals surface area contributed by atoms with Crippen LogP contribution in [0.1, 0.15) is 49.0 Å². The number of hydrogen-bond acceptors (Lipinski definition) is 2. The second kappa shape index (κ2) is 7.04. The molecule has 1 rings (SSSR count). The third-order valence-electron chi connectivity index (χ3n) is 3.04. The van der Waals surface area contributed by atoms with Crippen LogP contribution in [0.4, 0.5) is 5.69 Å². The predicted octanol–water partition coefficient (Wildman–Crippen LogP) is 3.13. The van der Waals surface area contributed by atoms with Crippen molar-refractivity contribution < 1.29 is 4.79 Å². The maximum Gasteiger partial charge on any atom is 0.251 e. The van der Waals surface area contributed by atoms with Gasteiger partial charge in [-0.15, -0.1) is 0 Å². The first-order chi connectivity index (χ1) is 8.50. The summed E-state index contributed by atoms with van der Waals surface area (Å²) in [6, 6.07) is 5.43. The van der Waals surface area contributed by atoms with E-state index >= 15 is 0 Å². The Kier molecular flexibility index (Phi) is 5.69. The molecule has 0 fully saturated rings. The van der Waals surface area contributed by atoms with Crippen LogP contribution in [0.25, 0.3) is 0 Å². The lowest BCUT2D eigenvalue weighted by Crippen LogP contribution is -2.24. The molecule has 0 bridgehead atoms. The zero-order valence-electron chi connectivity index (χ0n) is 11.6. The van der Waals surface area contributed by atoms with Crippen molar-refractivity contribution in [2.75, 3.05) is 12.3 Å². The summed E-state index contributed by atoms with van der Waals surface area (Å²) >= 11 is 0. The summed E-state index contributed by atoms with van der Waals surface area (Å²) in [5.41, 5.74) is 8.10. The number of nitrogen functional groups attached to an aromatic ring is 1. The van der Waals surface area contributed by atoms with E-state index in [4.69, 9.17) is 5.73 Å². The molecule has 0 aliphatic heterocycles. The Labute approximate surface area is 110 Å². The maximum absolute atomic E-state index is 11.8. The van der Waals surface area contributed by atoms with Gasteiger partial charge in [0, 0.05) is 17.8 Å². The second-order valence-corrected chi connectivity index (χ2v) is 5.22. The number of amides is 1. The average Bonchev–Trinajstić information content (AvgIpc) is 2.31. The molecule has 1 aromatic carbocycles. The van der Waals surface area contributed by atoms with E-state index in [9.17, 15) is 4.79 Å². The molecule has 0 spiro atoms. The number of benzene rings is 1. The normalized spacial score (nSPS) is 10.7. The fourth-order valence-corrected chi connectivity index (χ4v) is 1.76. The van der Waals surface area contributed by atoms with E-state index in [2.05, 4.69) is 19.2 Å². The lowest BCUT2D eigenvalue weighted by molar-refractivity contribution is 0.0953. The Bertz CT molecular complexity index is 399. The summed E-state index contributed by atoms with van der Waals surface area (Å²) in [6.07, 6.45) is 3.41. The van der Waals surface area contributed by atoms with Crippen LogP contribution in [0.3, 0.4) is 0 Å². The Morgan fingerprint density at radius 3 is 2.67 bits per heavy atom. The topological polar surface area (TPSA) is 55.1 Å². The van der Waals surface area contributed by atoms with Gasteiger partial charge in [-0.25, -0.2) is 0 Å². The van der Waals surface area contributed by atoms with Crippen LogP contribution in [-0.2, 0) is 0 Å². The van der Waals surface area contributed by atoms with Gasteiger partial charge in [-0.3, -0.25) is 4.79 Å². The number of anilines is 1. The van der Waals surface area contributed by atoms with E-state index in [1.807, 2.05) is 19.1 Å². The first kappa shape index (κ1) is 14.6. The van der Waals surface area contributed by atoms with E-state index in [1.54, 1.807) is 6.07 Å². The smallest absolute Gasteiger partial charge is 0.251 e. The van der Waals surface area contributed by atoms with E-state index in [0.29, 0.717) is 11.3 Å². The minimum Gasteiger partial charge on any atom is -0.398 e. The number of unbranched alkanes of at least 4 members (excludes halogenated alkanes) is 1. The SMILES string of the molecule is Cc1ccc(C(=O)NCCCCC(C)C)cc1N. The van der Waals surface area contributed by atoms with Crippen LogP contribution in [0.15, 0.2) is 18.2 Å². The molecular formula is C15H24N2O. The van der Waals surface area contributed by atoms with Gasteiger partial charge in [0.2, 0.25) is 0 Å². The van der Waals surface area contributed by atoms with Crippen molar-refractivity contribution in [1.82, 2.24) is 5.32 Å². The van der Waals surface area contributed by atoms with E-state index < -0.39 is 0 Å². The third kappa shape index (κ3) is 4.78. The second-order valence-electron chi connectivity index (χ2n) is 5.22. The highest BCUT2D eigenvalue weighted by atomic mass is 16.1. The van der Waals surface area contributed by atoms with Gasteiger partial charge < -0.3 is 11.1 Å². The lowest BCUT2D eigenvalue weighted by atomic mass is 10.1. The minimum absolute atomic E-state index is 0.0359. The van der Waals surface area contributed by atoms with Crippen LogP contribution >= 0.6 is 0 Å². The first-order valence-corrected chi connectivity index (χ1v) is 6.65. The van der Waals surface area contributed by atoms with Crippen LogP contribution < -0.4 is 11.1 Å². The Hall–Kier alpha value is -1.51. The Balaban J connectivity index is 2.34.